The molecule has 0 aliphatic heterocycles. The highest BCUT2D eigenvalue weighted by Crippen LogP contribution is 2.30. The number of alkyl halides is 6. The fraction of sp³-hybridized carbons (Fsp3) is 0.269. The van der Waals surface area contributed by atoms with E-state index in [2.05, 4.69) is 14.8 Å². The minimum Gasteiger partial charge on any atom is -0.486 e. The van der Waals surface area contributed by atoms with Gasteiger partial charge in [0.1, 0.15) is 36.3 Å². The second-order valence-electron chi connectivity index (χ2n) is 7.94. The summed E-state index contributed by atoms with van der Waals surface area (Å²) in [5, 5.41) is 4.27. The van der Waals surface area contributed by atoms with Crippen LogP contribution in [0, 0.1) is 6.92 Å². The number of ether oxygens (including phenoxy) is 3. The van der Waals surface area contributed by atoms with Crippen molar-refractivity contribution in [1.82, 2.24) is 14.8 Å². The molecule has 0 aliphatic rings. The molecule has 0 saturated carbocycles. The number of rotatable bonds is 11. The van der Waals surface area contributed by atoms with E-state index in [1.807, 2.05) is 0 Å². The first-order valence-electron chi connectivity index (χ1n) is 11.4. The largest absolute Gasteiger partial charge is 0.573 e. The molecule has 1 aromatic heterocycles. The summed E-state index contributed by atoms with van der Waals surface area (Å²) in [7, 11) is 0. The molecule has 0 fully saturated rings. The van der Waals surface area contributed by atoms with Crippen LogP contribution in [0.2, 0.25) is 0 Å². The number of carbonyl (C=O) groups excluding carboxylic acids is 1. The minimum atomic E-state index is -4.88. The summed E-state index contributed by atoms with van der Waals surface area (Å²) in [6, 6.07) is 9.27. The van der Waals surface area contributed by atoms with Gasteiger partial charge in [-0.1, -0.05) is 12.1 Å². The van der Waals surface area contributed by atoms with E-state index in [0.29, 0.717) is 23.3 Å². The number of aldehydes is 1. The lowest BCUT2D eigenvalue weighted by Crippen LogP contribution is -2.12. The average molecular weight is 555 g/mol. The third kappa shape index (κ3) is 8.62. The standard InChI is InChI=1S/C26H23F6N3O4/c1-3-20(39-26(30,31)32)8-5-9-24-33-23(16-38-21-10-11-22(17(2)14-21)37-13-12-36)34-35(24)19-7-4-6-18(15-19)25(27,28)29/h3-8,10-12,14-15H,9,13,16H2,1-2H3/b8-5-,20-3+. The third-order valence-electron chi connectivity index (χ3n) is 5.06. The molecular weight excluding hydrogens is 532 g/mol. The quantitative estimate of drug-likeness (QED) is 0.120. The Balaban J connectivity index is 1.86. The van der Waals surface area contributed by atoms with Crippen LogP contribution < -0.4 is 9.47 Å². The molecule has 0 spiro atoms. The van der Waals surface area contributed by atoms with Crippen LogP contribution in [0.4, 0.5) is 26.3 Å². The SMILES string of the molecule is C/C=C(\C=C/Cc1nc(COc2ccc(OCC=O)c(C)c2)nn1-c1cccc(C(F)(F)F)c1)OC(F)(F)F. The van der Waals surface area contributed by atoms with Gasteiger partial charge in [0, 0.05) is 6.42 Å². The topological polar surface area (TPSA) is 75.5 Å². The van der Waals surface area contributed by atoms with Crippen molar-refractivity contribution in [2.75, 3.05) is 6.61 Å². The third-order valence-corrected chi connectivity index (χ3v) is 5.06. The van der Waals surface area contributed by atoms with Crippen LogP contribution >= 0.6 is 0 Å². The van der Waals surface area contributed by atoms with E-state index in [1.54, 1.807) is 25.1 Å². The summed E-state index contributed by atoms with van der Waals surface area (Å²) < 4.78 is 93.5. The molecule has 0 aliphatic carbocycles. The molecular formula is C26H23F6N3O4. The van der Waals surface area contributed by atoms with E-state index in [4.69, 9.17) is 9.47 Å². The minimum absolute atomic E-state index is 0.0531. The second kappa shape index (κ2) is 12.5. The van der Waals surface area contributed by atoms with Crippen molar-refractivity contribution < 1.29 is 45.3 Å². The zero-order valence-electron chi connectivity index (χ0n) is 20.7. The normalized spacial score (nSPS) is 12.6. The van der Waals surface area contributed by atoms with E-state index in [1.165, 1.54) is 29.8 Å². The monoisotopic (exact) mass is 555 g/mol. The molecule has 0 amide bonds. The molecule has 0 bridgehead atoms. The van der Waals surface area contributed by atoms with Crippen LogP contribution in [0.5, 0.6) is 11.5 Å². The maximum atomic E-state index is 13.3. The summed E-state index contributed by atoms with van der Waals surface area (Å²) in [6.45, 7) is 2.84. The van der Waals surface area contributed by atoms with Gasteiger partial charge in [-0.05, 0) is 68.0 Å². The lowest BCUT2D eigenvalue weighted by Gasteiger charge is -2.10. The fourth-order valence-corrected chi connectivity index (χ4v) is 3.35. The van der Waals surface area contributed by atoms with Gasteiger partial charge in [0.2, 0.25) is 0 Å². The molecule has 3 rings (SSSR count). The molecule has 0 N–H and O–H groups in total. The van der Waals surface area contributed by atoms with Gasteiger partial charge in [-0.25, -0.2) is 9.67 Å². The highest BCUT2D eigenvalue weighted by molar-refractivity contribution is 5.52. The van der Waals surface area contributed by atoms with E-state index >= 15 is 0 Å². The molecule has 0 atom stereocenters. The fourth-order valence-electron chi connectivity index (χ4n) is 3.35. The predicted octanol–water partition coefficient (Wildman–Crippen LogP) is 6.29. The maximum absolute atomic E-state index is 13.3. The predicted molar refractivity (Wildman–Crippen MR) is 127 cm³/mol. The summed E-state index contributed by atoms with van der Waals surface area (Å²) >= 11 is 0. The highest BCUT2D eigenvalue weighted by atomic mass is 19.4. The summed E-state index contributed by atoms with van der Waals surface area (Å²) in [5.41, 5.74) is -0.155. The number of halogens is 6. The molecule has 1 heterocycles. The van der Waals surface area contributed by atoms with Gasteiger partial charge >= 0.3 is 12.5 Å². The Labute approximate surface area is 219 Å². The summed E-state index contributed by atoms with van der Waals surface area (Å²) in [4.78, 5) is 14.8. The van der Waals surface area contributed by atoms with Crippen molar-refractivity contribution in [3.63, 3.8) is 0 Å². The molecule has 13 heteroatoms. The van der Waals surface area contributed by atoms with Crippen molar-refractivity contribution >= 4 is 6.29 Å². The van der Waals surface area contributed by atoms with Gasteiger partial charge < -0.3 is 14.2 Å². The highest BCUT2D eigenvalue weighted by Gasteiger charge is 2.32. The Morgan fingerprint density at radius 1 is 1.05 bits per heavy atom. The smallest absolute Gasteiger partial charge is 0.486 e. The molecule has 39 heavy (non-hydrogen) atoms. The average Bonchev–Trinajstić information content (AvgIpc) is 3.28. The zero-order chi connectivity index (χ0) is 28.6. The van der Waals surface area contributed by atoms with Crippen LogP contribution in [0.3, 0.4) is 0 Å². The molecule has 0 unspecified atom stereocenters. The van der Waals surface area contributed by atoms with Gasteiger partial charge in [-0.3, -0.25) is 4.79 Å². The van der Waals surface area contributed by atoms with Crippen molar-refractivity contribution in [3.05, 3.63) is 89.2 Å². The molecule has 2 aromatic carbocycles. The Kier molecular flexibility index (Phi) is 9.38. The molecule has 0 saturated heterocycles. The Hall–Kier alpha value is -4.29. The molecule has 3 aromatic rings. The lowest BCUT2D eigenvalue weighted by atomic mass is 10.2. The van der Waals surface area contributed by atoms with Gasteiger partial charge in [0.05, 0.1) is 11.3 Å². The van der Waals surface area contributed by atoms with Crippen molar-refractivity contribution in [2.24, 2.45) is 0 Å². The van der Waals surface area contributed by atoms with E-state index in [9.17, 15) is 31.1 Å². The first-order chi connectivity index (χ1) is 18.4. The van der Waals surface area contributed by atoms with E-state index in [-0.39, 0.29) is 37.0 Å². The molecule has 7 nitrogen and oxygen atoms in total. The van der Waals surface area contributed by atoms with Crippen molar-refractivity contribution in [1.29, 1.82) is 0 Å². The van der Waals surface area contributed by atoms with Crippen LogP contribution in [-0.2, 0) is 28.7 Å². The number of hydrogen-bond acceptors (Lipinski definition) is 6. The van der Waals surface area contributed by atoms with Crippen molar-refractivity contribution in [3.8, 4) is 17.2 Å². The Morgan fingerprint density at radius 2 is 1.82 bits per heavy atom. The summed E-state index contributed by atoms with van der Waals surface area (Å²) in [5.74, 6) is 0.718. The molecule has 0 radical (unpaired) electrons. The number of aryl methyl sites for hydroxylation is 1. The number of benzene rings is 2. The summed E-state index contributed by atoms with van der Waals surface area (Å²) in [6.07, 6.45) is -5.44. The number of allylic oxidation sites excluding steroid dienone is 3. The van der Waals surface area contributed by atoms with E-state index < -0.39 is 23.9 Å². The van der Waals surface area contributed by atoms with Crippen LogP contribution in [-0.4, -0.2) is 34.0 Å². The Bertz CT molecular complexity index is 1350. The number of hydrogen-bond donors (Lipinski definition) is 0. The van der Waals surface area contributed by atoms with Crippen LogP contribution in [0.15, 0.2) is 66.5 Å². The van der Waals surface area contributed by atoms with Crippen molar-refractivity contribution in [2.45, 2.75) is 39.4 Å². The second-order valence-corrected chi connectivity index (χ2v) is 7.94. The van der Waals surface area contributed by atoms with Gasteiger partial charge in [0.25, 0.3) is 0 Å². The van der Waals surface area contributed by atoms with Gasteiger partial charge in [0.15, 0.2) is 12.1 Å². The molecule has 208 valence electrons. The number of nitrogens with zero attached hydrogens (tertiary/aromatic N) is 3. The maximum Gasteiger partial charge on any atom is 0.573 e. The Morgan fingerprint density at radius 3 is 2.46 bits per heavy atom. The zero-order valence-corrected chi connectivity index (χ0v) is 20.7. The van der Waals surface area contributed by atoms with Gasteiger partial charge in [-0.15, -0.1) is 18.3 Å². The lowest BCUT2D eigenvalue weighted by molar-refractivity contribution is -0.303. The first-order valence-corrected chi connectivity index (χ1v) is 11.4. The van der Waals surface area contributed by atoms with E-state index in [0.717, 1.165) is 24.3 Å². The van der Waals surface area contributed by atoms with Crippen LogP contribution in [0.25, 0.3) is 5.69 Å². The van der Waals surface area contributed by atoms with Gasteiger partial charge in [-0.2, -0.15) is 13.2 Å². The number of aromatic nitrogens is 3. The first kappa shape index (κ1) is 29.3. The number of carbonyl (C=O) groups is 1. The van der Waals surface area contributed by atoms with Crippen LogP contribution in [0.1, 0.15) is 29.7 Å².